The van der Waals surface area contributed by atoms with E-state index >= 15 is 0 Å². The highest BCUT2D eigenvalue weighted by Crippen LogP contribution is 2.43. The Morgan fingerprint density at radius 1 is 0.682 bits per heavy atom. The van der Waals surface area contributed by atoms with Crippen LogP contribution in [0.25, 0.3) is 0 Å². The van der Waals surface area contributed by atoms with Crippen molar-refractivity contribution in [2.45, 2.75) is 25.7 Å². The van der Waals surface area contributed by atoms with Gasteiger partial charge in [0, 0.05) is 5.92 Å². The molecule has 0 aliphatic rings. The van der Waals surface area contributed by atoms with E-state index in [2.05, 4.69) is 0 Å². The minimum Gasteiger partial charge on any atom is -0.504 e. The van der Waals surface area contributed by atoms with Crippen molar-refractivity contribution in [2.75, 3.05) is 0 Å². The van der Waals surface area contributed by atoms with E-state index in [1.54, 1.807) is 0 Å². The smallest absolute Gasteiger partial charge is 0.200 e. The topological polar surface area (TPSA) is 121 Å². The number of hydrogen-bond acceptors (Lipinski definition) is 6. The van der Waals surface area contributed by atoms with Crippen LogP contribution in [0.2, 0.25) is 0 Å². The van der Waals surface area contributed by atoms with E-state index in [1.807, 2.05) is 6.92 Å². The zero-order chi connectivity index (χ0) is 16.4. The quantitative estimate of drug-likeness (QED) is 0.483. The molecule has 0 radical (unpaired) electrons. The molecule has 22 heavy (non-hydrogen) atoms. The molecule has 0 aromatic heterocycles. The van der Waals surface area contributed by atoms with Gasteiger partial charge in [-0.3, -0.25) is 0 Å². The molecule has 118 valence electrons. The molecule has 0 aliphatic heterocycles. The van der Waals surface area contributed by atoms with Crippen LogP contribution >= 0.6 is 0 Å². The predicted octanol–water partition coefficient (Wildman–Crippen LogP) is 2.85. The van der Waals surface area contributed by atoms with Crippen LogP contribution in [0.5, 0.6) is 34.5 Å². The van der Waals surface area contributed by atoms with Crippen molar-refractivity contribution in [2.24, 2.45) is 0 Å². The number of phenols is 6. The van der Waals surface area contributed by atoms with Crippen molar-refractivity contribution in [1.29, 1.82) is 0 Å². The molecule has 2 aromatic rings. The first-order valence-corrected chi connectivity index (χ1v) is 6.84. The van der Waals surface area contributed by atoms with Crippen molar-refractivity contribution in [3.8, 4) is 34.5 Å². The zero-order valence-electron chi connectivity index (χ0n) is 12.0. The van der Waals surface area contributed by atoms with Gasteiger partial charge in [-0.15, -0.1) is 0 Å². The Morgan fingerprint density at radius 2 is 1.00 bits per heavy atom. The Morgan fingerprint density at radius 3 is 1.27 bits per heavy atom. The summed E-state index contributed by atoms with van der Waals surface area (Å²) in [5.41, 5.74) is 1.03. The van der Waals surface area contributed by atoms with Gasteiger partial charge in [0.1, 0.15) is 0 Å². The van der Waals surface area contributed by atoms with Gasteiger partial charge in [-0.2, -0.15) is 0 Å². The summed E-state index contributed by atoms with van der Waals surface area (Å²) in [6.07, 6.45) is 1.36. The van der Waals surface area contributed by atoms with Gasteiger partial charge in [0.05, 0.1) is 0 Å². The van der Waals surface area contributed by atoms with E-state index in [0.717, 1.165) is 6.42 Å². The summed E-state index contributed by atoms with van der Waals surface area (Å²) >= 11 is 0. The molecule has 6 N–H and O–H groups in total. The molecular formula is C16H18O6. The third-order valence-electron chi connectivity index (χ3n) is 3.57. The summed E-state index contributed by atoms with van der Waals surface area (Å²) in [6, 6.07) is 5.26. The first-order chi connectivity index (χ1) is 10.3. The van der Waals surface area contributed by atoms with Gasteiger partial charge in [0.15, 0.2) is 34.5 Å². The van der Waals surface area contributed by atoms with Crippen LogP contribution in [0.1, 0.15) is 36.8 Å². The summed E-state index contributed by atoms with van der Waals surface area (Å²) in [6.45, 7) is 1.94. The van der Waals surface area contributed by atoms with Crippen LogP contribution < -0.4 is 0 Å². The maximum absolute atomic E-state index is 9.65. The number of aromatic hydroxyl groups is 6. The summed E-state index contributed by atoms with van der Waals surface area (Å²) < 4.78 is 0. The van der Waals surface area contributed by atoms with Crippen LogP contribution in [0.3, 0.4) is 0 Å². The third kappa shape index (κ3) is 2.81. The lowest BCUT2D eigenvalue weighted by Crippen LogP contribution is -2.01. The highest BCUT2D eigenvalue weighted by Gasteiger charge is 2.20. The molecule has 6 heteroatoms. The molecule has 2 aromatic carbocycles. The molecule has 0 atom stereocenters. The highest BCUT2D eigenvalue weighted by molar-refractivity contribution is 5.56. The lowest BCUT2D eigenvalue weighted by atomic mass is 9.87. The lowest BCUT2D eigenvalue weighted by Gasteiger charge is -2.19. The molecule has 0 bridgehead atoms. The average molecular weight is 306 g/mol. The number of phenolic OH excluding ortho intramolecular Hbond substituents is 6. The molecule has 2 rings (SSSR count). The second kappa shape index (κ2) is 5.93. The Hall–Kier alpha value is -2.76. The third-order valence-corrected chi connectivity index (χ3v) is 3.57. The Bertz CT molecular complexity index is 592. The highest BCUT2D eigenvalue weighted by atomic mass is 16.3. The minimum atomic E-state index is -0.601. The molecule has 0 saturated heterocycles. The first kappa shape index (κ1) is 15.6. The Labute approximate surface area is 127 Å². The molecule has 0 heterocycles. The largest absolute Gasteiger partial charge is 0.504 e. The number of hydrogen-bond donors (Lipinski definition) is 6. The number of rotatable bonds is 4. The van der Waals surface area contributed by atoms with Gasteiger partial charge < -0.3 is 30.6 Å². The Balaban J connectivity index is 2.56. The molecule has 0 fully saturated rings. The SMILES string of the molecule is CCCC(c1cc(O)c(O)c(O)c1)c1cc(O)c(O)c(O)c1. The predicted molar refractivity (Wildman–Crippen MR) is 79.6 cm³/mol. The van der Waals surface area contributed by atoms with E-state index < -0.39 is 34.5 Å². The van der Waals surface area contributed by atoms with E-state index in [-0.39, 0.29) is 5.92 Å². The van der Waals surface area contributed by atoms with Gasteiger partial charge in [-0.1, -0.05) is 13.3 Å². The summed E-state index contributed by atoms with van der Waals surface area (Å²) in [5.74, 6) is -3.37. The fraction of sp³-hybridized carbons (Fsp3) is 0.250. The van der Waals surface area contributed by atoms with Crippen LogP contribution in [-0.2, 0) is 0 Å². The van der Waals surface area contributed by atoms with Gasteiger partial charge in [-0.25, -0.2) is 0 Å². The normalized spacial score (nSPS) is 11.0. The van der Waals surface area contributed by atoms with Crippen LogP contribution in [-0.4, -0.2) is 30.6 Å². The second-order valence-corrected chi connectivity index (χ2v) is 5.16. The van der Waals surface area contributed by atoms with Gasteiger partial charge >= 0.3 is 0 Å². The van der Waals surface area contributed by atoms with Crippen molar-refractivity contribution in [3.63, 3.8) is 0 Å². The van der Waals surface area contributed by atoms with Crippen LogP contribution in [0, 0.1) is 0 Å². The second-order valence-electron chi connectivity index (χ2n) is 5.16. The molecule has 0 aliphatic carbocycles. The van der Waals surface area contributed by atoms with E-state index in [1.165, 1.54) is 24.3 Å². The van der Waals surface area contributed by atoms with Gasteiger partial charge in [-0.05, 0) is 41.8 Å². The molecular weight excluding hydrogens is 288 g/mol. The summed E-state index contributed by atoms with van der Waals surface area (Å²) in [5, 5.41) is 57.4. The summed E-state index contributed by atoms with van der Waals surface area (Å²) in [4.78, 5) is 0. The zero-order valence-corrected chi connectivity index (χ0v) is 12.0. The van der Waals surface area contributed by atoms with Crippen molar-refractivity contribution in [3.05, 3.63) is 35.4 Å². The van der Waals surface area contributed by atoms with Crippen molar-refractivity contribution < 1.29 is 30.6 Å². The summed E-state index contributed by atoms with van der Waals surface area (Å²) in [7, 11) is 0. The van der Waals surface area contributed by atoms with Gasteiger partial charge in [0.2, 0.25) is 0 Å². The van der Waals surface area contributed by atoms with Gasteiger partial charge in [0.25, 0.3) is 0 Å². The molecule has 0 saturated carbocycles. The fourth-order valence-electron chi connectivity index (χ4n) is 2.47. The van der Waals surface area contributed by atoms with E-state index in [4.69, 9.17) is 0 Å². The number of benzene rings is 2. The van der Waals surface area contributed by atoms with Crippen molar-refractivity contribution in [1.82, 2.24) is 0 Å². The maximum Gasteiger partial charge on any atom is 0.200 e. The lowest BCUT2D eigenvalue weighted by molar-refractivity contribution is 0.365. The molecule has 0 spiro atoms. The first-order valence-electron chi connectivity index (χ1n) is 6.84. The standard InChI is InChI=1S/C16H18O6/c1-2-3-10(8-4-11(17)15(21)12(18)5-8)9-6-13(19)16(22)14(20)7-9/h4-7,10,17-22H,2-3H2,1H3. The fourth-order valence-corrected chi connectivity index (χ4v) is 2.47. The minimum absolute atomic E-state index is 0.347. The molecule has 0 amide bonds. The molecule has 6 nitrogen and oxygen atoms in total. The maximum atomic E-state index is 9.65. The van der Waals surface area contributed by atoms with Crippen LogP contribution in [0.15, 0.2) is 24.3 Å². The monoisotopic (exact) mass is 306 g/mol. The molecule has 0 unspecified atom stereocenters. The Kier molecular flexibility index (Phi) is 4.21. The van der Waals surface area contributed by atoms with E-state index in [9.17, 15) is 30.6 Å². The van der Waals surface area contributed by atoms with E-state index in [0.29, 0.717) is 17.5 Å². The van der Waals surface area contributed by atoms with Crippen LogP contribution in [0.4, 0.5) is 0 Å². The average Bonchev–Trinajstić information content (AvgIpc) is 2.47. The van der Waals surface area contributed by atoms with Crippen molar-refractivity contribution >= 4 is 0 Å².